The van der Waals surface area contributed by atoms with Gasteiger partial charge in [-0.05, 0) is 55.8 Å². The highest BCUT2D eigenvalue weighted by molar-refractivity contribution is 6.31. The predicted molar refractivity (Wildman–Crippen MR) is 116 cm³/mol. The summed E-state index contributed by atoms with van der Waals surface area (Å²) in [6.45, 7) is 4.41. The lowest BCUT2D eigenvalue weighted by Crippen LogP contribution is -2.25. The van der Waals surface area contributed by atoms with E-state index in [9.17, 15) is 9.59 Å². The number of nitrogens with one attached hydrogen (secondary N) is 1. The zero-order valence-electron chi connectivity index (χ0n) is 16.6. The molecule has 3 aromatic rings. The van der Waals surface area contributed by atoms with Gasteiger partial charge in [0.25, 0.3) is 5.91 Å². The maximum absolute atomic E-state index is 12.7. The lowest BCUT2D eigenvalue weighted by molar-refractivity contribution is -0.118. The highest BCUT2D eigenvalue weighted by Gasteiger charge is 2.17. The van der Waals surface area contributed by atoms with Crippen LogP contribution in [-0.4, -0.2) is 28.1 Å². The molecule has 0 saturated carbocycles. The first-order valence-electron chi connectivity index (χ1n) is 9.49. The molecule has 0 radical (unpaired) electrons. The third kappa shape index (κ3) is 4.00. The van der Waals surface area contributed by atoms with Gasteiger partial charge in [-0.2, -0.15) is 5.10 Å². The Kier molecular flexibility index (Phi) is 5.42. The van der Waals surface area contributed by atoms with E-state index in [1.165, 1.54) is 6.08 Å². The molecule has 1 N–H and O–H groups in total. The van der Waals surface area contributed by atoms with E-state index in [2.05, 4.69) is 10.4 Å². The minimum atomic E-state index is -0.236. The third-order valence-corrected chi connectivity index (χ3v) is 5.38. The quantitative estimate of drug-likeness (QED) is 0.488. The van der Waals surface area contributed by atoms with Crippen molar-refractivity contribution in [1.82, 2.24) is 9.78 Å². The van der Waals surface area contributed by atoms with Gasteiger partial charge < -0.3 is 10.1 Å². The Labute approximate surface area is 179 Å². The highest BCUT2D eigenvalue weighted by atomic mass is 35.5. The van der Waals surface area contributed by atoms with E-state index in [0.29, 0.717) is 28.6 Å². The molecule has 1 aromatic heterocycles. The Bertz CT molecular complexity index is 1180. The van der Waals surface area contributed by atoms with Gasteiger partial charge in [0.1, 0.15) is 5.75 Å². The van der Waals surface area contributed by atoms with Crippen molar-refractivity contribution in [3.05, 3.63) is 81.6 Å². The first kappa shape index (κ1) is 19.9. The summed E-state index contributed by atoms with van der Waals surface area (Å²) in [6, 6.07) is 12.7. The van der Waals surface area contributed by atoms with Gasteiger partial charge in [0.2, 0.25) is 0 Å². The van der Waals surface area contributed by atoms with Crippen LogP contribution in [0.3, 0.4) is 0 Å². The second kappa shape index (κ2) is 8.16. The van der Waals surface area contributed by atoms with Crippen molar-refractivity contribution >= 4 is 35.1 Å². The zero-order valence-corrected chi connectivity index (χ0v) is 17.4. The Morgan fingerprint density at radius 1 is 1.27 bits per heavy atom. The fraction of sp³-hybridized carbons (Fsp3) is 0.174. The third-order valence-electron chi connectivity index (χ3n) is 5.01. The number of nitrogens with zero attached hydrogens (tertiary/aromatic N) is 2. The van der Waals surface area contributed by atoms with Crippen molar-refractivity contribution in [1.29, 1.82) is 0 Å². The summed E-state index contributed by atoms with van der Waals surface area (Å²) in [5.41, 5.74) is 4.62. The number of ether oxygens (including phenoxy) is 1. The van der Waals surface area contributed by atoms with Gasteiger partial charge in [0, 0.05) is 21.8 Å². The van der Waals surface area contributed by atoms with Gasteiger partial charge >= 0.3 is 0 Å². The molecule has 7 heteroatoms. The van der Waals surface area contributed by atoms with Crippen LogP contribution in [0.5, 0.6) is 5.75 Å². The van der Waals surface area contributed by atoms with E-state index in [-0.39, 0.29) is 18.3 Å². The molecule has 2 heterocycles. The van der Waals surface area contributed by atoms with Crippen LogP contribution in [-0.2, 0) is 11.3 Å². The average molecular weight is 422 g/mol. The topological polar surface area (TPSA) is 73.2 Å². The van der Waals surface area contributed by atoms with Crippen LogP contribution in [0.25, 0.3) is 6.08 Å². The molecule has 30 heavy (non-hydrogen) atoms. The van der Waals surface area contributed by atoms with Crippen molar-refractivity contribution in [2.24, 2.45) is 0 Å². The van der Waals surface area contributed by atoms with Crippen LogP contribution in [0, 0.1) is 13.8 Å². The van der Waals surface area contributed by atoms with Crippen LogP contribution < -0.4 is 10.1 Å². The number of benzene rings is 2. The van der Waals surface area contributed by atoms with Crippen LogP contribution in [0.15, 0.2) is 48.5 Å². The molecule has 0 aliphatic carbocycles. The number of hydrogen-bond donors (Lipinski definition) is 1. The van der Waals surface area contributed by atoms with Crippen molar-refractivity contribution in [2.45, 2.75) is 20.4 Å². The van der Waals surface area contributed by atoms with Crippen molar-refractivity contribution in [3.63, 3.8) is 0 Å². The van der Waals surface area contributed by atoms with Gasteiger partial charge in [-0.15, -0.1) is 0 Å². The van der Waals surface area contributed by atoms with E-state index < -0.39 is 0 Å². The van der Waals surface area contributed by atoms with Gasteiger partial charge in [-0.3, -0.25) is 14.3 Å². The number of ketones is 1. The van der Waals surface area contributed by atoms with Crippen molar-refractivity contribution in [2.75, 3.05) is 11.9 Å². The molecule has 1 aliphatic rings. The molecule has 152 valence electrons. The normalized spacial score (nSPS) is 13.1. The lowest BCUT2D eigenvalue weighted by atomic mass is 10.1. The molecule has 0 saturated heterocycles. The predicted octanol–water partition coefficient (Wildman–Crippen LogP) is 4.43. The lowest BCUT2D eigenvalue weighted by Gasteiger charge is -2.17. The fourth-order valence-corrected chi connectivity index (χ4v) is 3.58. The minimum absolute atomic E-state index is 0.0169. The van der Waals surface area contributed by atoms with E-state index in [1.807, 2.05) is 42.8 Å². The SMILES string of the molecule is Cc1nn(Cc2ccccc2Cl)c(C)c1/C=C/C(=O)c1ccc2c(c1)NC(=O)CO2. The largest absolute Gasteiger partial charge is 0.482 e. The number of hydrogen-bond acceptors (Lipinski definition) is 4. The molecule has 4 rings (SSSR count). The number of aromatic nitrogens is 2. The summed E-state index contributed by atoms with van der Waals surface area (Å²) in [5.74, 6) is 0.151. The van der Waals surface area contributed by atoms with Gasteiger partial charge in [0.15, 0.2) is 12.4 Å². The summed E-state index contributed by atoms with van der Waals surface area (Å²) >= 11 is 6.27. The molecule has 0 spiro atoms. The Hall–Kier alpha value is -3.38. The molecular formula is C23H20ClN3O3. The highest BCUT2D eigenvalue weighted by Crippen LogP contribution is 2.29. The van der Waals surface area contributed by atoms with Gasteiger partial charge in [0.05, 0.1) is 17.9 Å². The summed E-state index contributed by atoms with van der Waals surface area (Å²) in [6.07, 6.45) is 3.29. The molecule has 6 nitrogen and oxygen atoms in total. The molecular weight excluding hydrogens is 402 g/mol. The van der Waals surface area contributed by atoms with E-state index in [4.69, 9.17) is 16.3 Å². The number of anilines is 1. The zero-order chi connectivity index (χ0) is 21.3. The Balaban J connectivity index is 1.55. The number of allylic oxidation sites excluding steroid dienone is 1. The first-order chi connectivity index (χ1) is 14.4. The maximum atomic E-state index is 12.7. The number of aryl methyl sites for hydroxylation is 1. The summed E-state index contributed by atoms with van der Waals surface area (Å²) < 4.78 is 7.21. The van der Waals surface area contributed by atoms with E-state index in [1.54, 1.807) is 24.3 Å². The first-order valence-corrected chi connectivity index (χ1v) is 9.86. The van der Waals surface area contributed by atoms with Gasteiger partial charge in [-0.1, -0.05) is 29.8 Å². The molecule has 1 aliphatic heterocycles. The average Bonchev–Trinajstić information content (AvgIpc) is 3.00. The molecule has 0 fully saturated rings. The minimum Gasteiger partial charge on any atom is -0.482 e. The number of halogens is 1. The number of rotatable bonds is 5. The number of carbonyl (C=O) groups excluding carboxylic acids is 2. The Morgan fingerprint density at radius 2 is 2.07 bits per heavy atom. The summed E-state index contributed by atoms with van der Waals surface area (Å²) in [7, 11) is 0. The van der Waals surface area contributed by atoms with E-state index >= 15 is 0 Å². The molecule has 0 atom stereocenters. The second-order valence-electron chi connectivity index (χ2n) is 7.08. The number of fused-ring (bicyclic) bond motifs is 1. The van der Waals surface area contributed by atoms with Crippen LogP contribution in [0.1, 0.15) is 32.9 Å². The second-order valence-corrected chi connectivity index (χ2v) is 7.49. The fourth-order valence-electron chi connectivity index (χ4n) is 3.39. The maximum Gasteiger partial charge on any atom is 0.262 e. The van der Waals surface area contributed by atoms with Gasteiger partial charge in [-0.25, -0.2) is 0 Å². The number of amides is 1. The standard InChI is InChI=1S/C23H20ClN3O3/c1-14-18(15(2)27(26-14)12-17-5-3-4-6-19(17)24)8-9-21(28)16-7-10-22-20(11-16)25-23(29)13-30-22/h3-11H,12-13H2,1-2H3,(H,25,29)/b9-8+. The van der Waals surface area contributed by atoms with Crippen LogP contribution >= 0.6 is 11.6 Å². The molecule has 1 amide bonds. The molecule has 0 unspecified atom stereocenters. The Morgan fingerprint density at radius 3 is 2.87 bits per heavy atom. The van der Waals surface area contributed by atoms with Crippen molar-refractivity contribution < 1.29 is 14.3 Å². The summed E-state index contributed by atoms with van der Waals surface area (Å²) in [4.78, 5) is 24.2. The van der Waals surface area contributed by atoms with Crippen molar-refractivity contribution in [3.8, 4) is 5.75 Å². The number of carbonyl (C=O) groups is 2. The van der Waals surface area contributed by atoms with Crippen LogP contribution in [0.2, 0.25) is 5.02 Å². The van der Waals surface area contributed by atoms with E-state index in [0.717, 1.165) is 22.5 Å². The summed E-state index contributed by atoms with van der Waals surface area (Å²) in [5, 5.41) is 8.00. The monoisotopic (exact) mass is 421 g/mol. The van der Waals surface area contributed by atoms with Crippen LogP contribution in [0.4, 0.5) is 5.69 Å². The molecule has 2 aromatic carbocycles. The molecule has 0 bridgehead atoms. The smallest absolute Gasteiger partial charge is 0.262 e.